The van der Waals surface area contributed by atoms with Crippen LogP contribution in [-0.2, 0) is 9.53 Å². The van der Waals surface area contributed by atoms with Gasteiger partial charge in [0.2, 0.25) is 5.91 Å². The molecule has 6 nitrogen and oxygen atoms in total. The van der Waals surface area contributed by atoms with Crippen molar-refractivity contribution in [1.82, 2.24) is 9.80 Å². The van der Waals surface area contributed by atoms with Crippen LogP contribution in [0.25, 0.3) is 11.1 Å². The summed E-state index contributed by atoms with van der Waals surface area (Å²) in [6.07, 6.45) is 0.388. The van der Waals surface area contributed by atoms with Crippen LogP contribution in [0.1, 0.15) is 28.6 Å². The first kappa shape index (κ1) is 22.7. The van der Waals surface area contributed by atoms with E-state index in [9.17, 15) is 9.59 Å². The molecule has 1 aliphatic heterocycles. The number of aryl methyl sites for hydroxylation is 1. The van der Waals surface area contributed by atoms with E-state index in [4.69, 9.17) is 16.3 Å². The third-order valence-corrected chi connectivity index (χ3v) is 6.47. The van der Waals surface area contributed by atoms with Crippen molar-refractivity contribution in [3.8, 4) is 11.1 Å². The number of thiophene rings is 1. The molecule has 1 N–H and O–H groups in total. The fourth-order valence-electron chi connectivity index (χ4n) is 3.52. The lowest BCUT2D eigenvalue weighted by Crippen LogP contribution is -2.45. The van der Waals surface area contributed by atoms with E-state index in [1.807, 2.05) is 19.1 Å². The number of esters is 1. The average Bonchev–Trinajstić information content (AvgIpc) is 3.04. The number of nitrogens with zero attached hydrogens (tertiary/aromatic N) is 2. The van der Waals surface area contributed by atoms with E-state index in [0.717, 1.165) is 42.2 Å². The molecule has 2 aromatic rings. The predicted octanol–water partition coefficient (Wildman–Crippen LogP) is 4.13. The molecular weight excluding hydrogens is 422 g/mol. The second kappa shape index (κ2) is 10.4. The Kier molecular flexibility index (Phi) is 7.88. The third kappa shape index (κ3) is 5.60. The Labute approximate surface area is 186 Å². The van der Waals surface area contributed by atoms with Crippen LogP contribution in [-0.4, -0.2) is 68.1 Å². The van der Waals surface area contributed by atoms with Gasteiger partial charge < -0.3 is 19.9 Å². The van der Waals surface area contributed by atoms with Gasteiger partial charge in [-0.25, -0.2) is 4.79 Å². The van der Waals surface area contributed by atoms with E-state index < -0.39 is 5.97 Å². The van der Waals surface area contributed by atoms with E-state index in [0.29, 0.717) is 28.6 Å². The Morgan fingerprint density at radius 2 is 1.83 bits per heavy atom. The van der Waals surface area contributed by atoms with Crippen molar-refractivity contribution in [2.45, 2.75) is 20.3 Å². The summed E-state index contributed by atoms with van der Waals surface area (Å²) in [5.74, 6) is -0.524. The number of hydrogen-bond donors (Lipinski definition) is 1. The van der Waals surface area contributed by atoms with Gasteiger partial charge in [-0.1, -0.05) is 23.7 Å². The summed E-state index contributed by atoms with van der Waals surface area (Å²) in [4.78, 5) is 30.9. The zero-order valence-electron chi connectivity index (χ0n) is 17.7. The summed E-state index contributed by atoms with van der Waals surface area (Å²) in [7, 11) is 2.11. The summed E-state index contributed by atoms with van der Waals surface area (Å²) < 4.78 is 5.29. The number of likely N-dealkylation sites (N-methyl/N-ethyl adjacent to an activating group) is 1. The van der Waals surface area contributed by atoms with Gasteiger partial charge in [-0.15, -0.1) is 11.3 Å². The molecule has 2 heterocycles. The van der Waals surface area contributed by atoms with Gasteiger partial charge in [-0.05, 0) is 38.6 Å². The number of carbonyl (C=O) groups is 2. The number of hydrogen-bond acceptors (Lipinski definition) is 6. The van der Waals surface area contributed by atoms with Gasteiger partial charge in [-0.3, -0.25) is 4.79 Å². The zero-order valence-corrected chi connectivity index (χ0v) is 19.2. The van der Waals surface area contributed by atoms with Crippen molar-refractivity contribution in [2.24, 2.45) is 0 Å². The Balaban J connectivity index is 1.78. The van der Waals surface area contributed by atoms with Crippen LogP contribution in [0.2, 0.25) is 5.02 Å². The smallest absolute Gasteiger partial charge is 0.341 e. The van der Waals surface area contributed by atoms with E-state index in [1.165, 1.54) is 11.3 Å². The van der Waals surface area contributed by atoms with Gasteiger partial charge in [0, 0.05) is 54.6 Å². The molecule has 1 aromatic heterocycles. The molecule has 1 fully saturated rings. The first-order valence-electron chi connectivity index (χ1n) is 10.2. The normalized spacial score (nSPS) is 15.2. The molecule has 1 aliphatic rings. The standard InChI is InChI=1S/C22H28ClN3O3S/c1-4-29-22(28)20-19(16-5-7-17(23)8-6-16)15(2)30-21(20)24-18(27)9-10-26-13-11-25(3)12-14-26/h5-8H,4,9-14H2,1-3H3,(H,24,27). The van der Waals surface area contributed by atoms with Gasteiger partial charge in [0.15, 0.2) is 0 Å². The first-order valence-corrected chi connectivity index (χ1v) is 11.4. The second-order valence-electron chi connectivity index (χ2n) is 7.41. The molecule has 0 atom stereocenters. The fourth-order valence-corrected chi connectivity index (χ4v) is 4.72. The van der Waals surface area contributed by atoms with E-state index in [2.05, 4.69) is 22.2 Å². The number of halogens is 1. The van der Waals surface area contributed by atoms with Crippen molar-refractivity contribution in [3.63, 3.8) is 0 Å². The molecule has 0 radical (unpaired) electrons. The van der Waals surface area contributed by atoms with E-state index in [1.54, 1.807) is 19.1 Å². The Hall–Kier alpha value is -1.93. The lowest BCUT2D eigenvalue weighted by atomic mass is 10.0. The topological polar surface area (TPSA) is 61.9 Å². The molecule has 1 aromatic carbocycles. The van der Waals surface area contributed by atoms with Crippen molar-refractivity contribution in [1.29, 1.82) is 0 Å². The summed E-state index contributed by atoms with van der Waals surface area (Å²) in [6.45, 7) is 8.66. The van der Waals surface area contributed by atoms with Crippen molar-refractivity contribution in [3.05, 3.63) is 39.7 Å². The van der Waals surface area contributed by atoms with Crippen LogP contribution in [0.4, 0.5) is 5.00 Å². The number of nitrogens with one attached hydrogen (secondary N) is 1. The van der Waals surface area contributed by atoms with Gasteiger partial charge in [0.25, 0.3) is 0 Å². The molecule has 1 saturated heterocycles. The highest BCUT2D eigenvalue weighted by Gasteiger charge is 2.25. The Morgan fingerprint density at radius 3 is 2.47 bits per heavy atom. The molecule has 8 heteroatoms. The summed E-state index contributed by atoms with van der Waals surface area (Å²) in [5.41, 5.74) is 2.06. The number of benzene rings is 1. The minimum absolute atomic E-state index is 0.0941. The maximum absolute atomic E-state index is 12.8. The lowest BCUT2D eigenvalue weighted by Gasteiger charge is -2.32. The molecular formula is C22H28ClN3O3S. The average molecular weight is 450 g/mol. The molecule has 0 saturated carbocycles. The van der Waals surface area contributed by atoms with Gasteiger partial charge >= 0.3 is 5.97 Å². The maximum Gasteiger partial charge on any atom is 0.341 e. The summed E-state index contributed by atoms with van der Waals surface area (Å²) in [6, 6.07) is 7.33. The van der Waals surface area contributed by atoms with Crippen LogP contribution in [0.5, 0.6) is 0 Å². The summed E-state index contributed by atoms with van der Waals surface area (Å²) >= 11 is 7.42. The highest BCUT2D eigenvalue weighted by molar-refractivity contribution is 7.17. The number of rotatable bonds is 7. The lowest BCUT2D eigenvalue weighted by molar-refractivity contribution is -0.116. The highest BCUT2D eigenvalue weighted by atomic mass is 35.5. The number of ether oxygens (including phenoxy) is 1. The molecule has 30 heavy (non-hydrogen) atoms. The molecule has 3 rings (SSSR count). The molecule has 0 aliphatic carbocycles. The molecule has 1 amide bonds. The monoisotopic (exact) mass is 449 g/mol. The number of anilines is 1. The van der Waals surface area contributed by atoms with Crippen LogP contribution in [0, 0.1) is 6.92 Å². The Morgan fingerprint density at radius 1 is 1.17 bits per heavy atom. The van der Waals surface area contributed by atoms with Crippen molar-refractivity contribution in [2.75, 3.05) is 51.7 Å². The predicted molar refractivity (Wildman–Crippen MR) is 123 cm³/mol. The van der Waals surface area contributed by atoms with Gasteiger partial charge in [-0.2, -0.15) is 0 Å². The molecule has 162 valence electrons. The quantitative estimate of drug-likeness (QED) is 0.644. The molecule has 0 bridgehead atoms. The maximum atomic E-state index is 12.8. The van der Waals surface area contributed by atoms with Crippen LogP contribution >= 0.6 is 22.9 Å². The minimum Gasteiger partial charge on any atom is -0.462 e. The second-order valence-corrected chi connectivity index (χ2v) is 9.07. The third-order valence-electron chi connectivity index (χ3n) is 5.20. The van der Waals surface area contributed by atoms with Crippen LogP contribution < -0.4 is 5.32 Å². The summed E-state index contributed by atoms with van der Waals surface area (Å²) in [5, 5.41) is 4.12. The number of piperazine rings is 1. The highest BCUT2D eigenvalue weighted by Crippen LogP contribution is 2.40. The van der Waals surface area contributed by atoms with Crippen molar-refractivity contribution < 1.29 is 14.3 Å². The molecule has 0 unspecified atom stereocenters. The number of amides is 1. The number of carbonyl (C=O) groups excluding carboxylic acids is 2. The molecule has 0 spiro atoms. The zero-order chi connectivity index (χ0) is 21.7. The van der Waals surface area contributed by atoms with E-state index in [-0.39, 0.29) is 12.5 Å². The van der Waals surface area contributed by atoms with Crippen LogP contribution in [0.3, 0.4) is 0 Å². The minimum atomic E-state index is -0.429. The van der Waals surface area contributed by atoms with Crippen molar-refractivity contribution >= 4 is 39.8 Å². The fraction of sp³-hybridized carbons (Fsp3) is 0.455. The van der Waals surface area contributed by atoms with E-state index >= 15 is 0 Å². The Bertz CT molecular complexity index is 890. The SMILES string of the molecule is CCOC(=O)c1c(NC(=O)CCN2CCN(C)CC2)sc(C)c1-c1ccc(Cl)cc1. The van der Waals surface area contributed by atoms with Gasteiger partial charge in [0.1, 0.15) is 10.6 Å². The van der Waals surface area contributed by atoms with Crippen LogP contribution in [0.15, 0.2) is 24.3 Å². The largest absolute Gasteiger partial charge is 0.462 e. The van der Waals surface area contributed by atoms with Gasteiger partial charge in [0.05, 0.1) is 6.61 Å². The first-order chi connectivity index (χ1) is 14.4.